The summed E-state index contributed by atoms with van der Waals surface area (Å²) in [5.41, 5.74) is 1.19. The number of hydrogen-bond donors (Lipinski definition) is 0. The summed E-state index contributed by atoms with van der Waals surface area (Å²) in [6, 6.07) is 7.97. The number of rotatable bonds is 5. The number of benzene rings is 1. The number of nitrogens with zero attached hydrogens (tertiary/aromatic N) is 3. The average molecular weight is 285 g/mol. The molecule has 1 aromatic rings. The van der Waals surface area contributed by atoms with E-state index in [0.717, 1.165) is 16.2 Å². The zero-order valence-electron chi connectivity index (χ0n) is 11.7. The summed E-state index contributed by atoms with van der Waals surface area (Å²) in [4.78, 5) is 37.7. The monoisotopic (exact) mass is 285 g/mol. The zero-order chi connectivity index (χ0) is 15.4. The molecule has 6 heteroatoms. The Morgan fingerprint density at radius 3 is 2.24 bits per heavy atom. The summed E-state index contributed by atoms with van der Waals surface area (Å²) in [7, 11) is 0. The molecule has 0 saturated carbocycles. The minimum absolute atomic E-state index is 0.0394. The normalized spacial score (nSPS) is 14.8. The fourth-order valence-electron chi connectivity index (χ4n) is 2.07. The Morgan fingerprint density at radius 1 is 1.05 bits per heavy atom. The van der Waals surface area contributed by atoms with Gasteiger partial charge in [-0.05, 0) is 24.1 Å². The van der Waals surface area contributed by atoms with Gasteiger partial charge in [0, 0.05) is 6.54 Å². The van der Waals surface area contributed by atoms with Gasteiger partial charge in [0.1, 0.15) is 0 Å². The number of hydrogen-bond acceptors (Lipinski definition) is 4. The SMILES string of the molecule is CCCCN1C(=O)C(=O)N(Cc2ccc(C#N)cc2)C1=O. The maximum absolute atomic E-state index is 12.1. The first-order chi connectivity index (χ1) is 10.1. The standard InChI is InChI=1S/C15H15N3O3/c1-2-3-8-17-13(19)14(20)18(15(17)21)10-12-6-4-11(9-16)5-7-12/h4-7H,2-3,8,10H2,1H3. The van der Waals surface area contributed by atoms with E-state index >= 15 is 0 Å². The average Bonchev–Trinajstić information content (AvgIpc) is 2.70. The summed E-state index contributed by atoms with van der Waals surface area (Å²) >= 11 is 0. The Kier molecular flexibility index (Phi) is 4.33. The summed E-state index contributed by atoms with van der Waals surface area (Å²) in [5, 5.41) is 8.73. The van der Waals surface area contributed by atoms with Crippen molar-refractivity contribution in [2.75, 3.05) is 6.54 Å². The van der Waals surface area contributed by atoms with Crippen LogP contribution in [-0.4, -0.2) is 34.2 Å². The zero-order valence-corrected chi connectivity index (χ0v) is 11.7. The third-order valence-corrected chi connectivity index (χ3v) is 3.29. The van der Waals surface area contributed by atoms with Crippen molar-refractivity contribution in [2.45, 2.75) is 26.3 Å². The lowest BCUT2D eigenvalue weighted by molar-refractivity contribution is -0.143. The lowest BCUT2D eigenvalue weighted by Crippen LogP contribution is -2.33. The van der Waals surface area contributed by atoms with Crippen molar-refractivity contribution < 1.29 is 14.4 Å². The van der Waals surface area contributed by atoms with Crippen LogP contribution in [0.1, 0.15) is 30.9 Å². The minimum atomic E-state index is -0.791. The lowest BCUT2D eigenvalue weighted by Gasteiger charge is -2.15. The van der Waals surface area contributed by atoms with Gasteiger partial charge in [-0.25, -0.2) is 4.79 Å². The van der Waals surface area contributed by atoms with E-state index in [1.807, 2.05) is 13.0 Å². The Hall–Kier alpha value is -2.68. The van der Waals surface area contributed by atoms with Gasteiger partial charge in [-0.3, -0.25) is 19.4 Å². The number of imide groups is 2. The molecule has 0 radical (unpaired) electrons. The number of amides is 4. The predicted octanol–water partition coefficient (Wildman–Crippen LogP) is 1.65. The van der Waals surface area contributed by atoms with E-state index in [9.17, 15) is 14.4 Å². The van der Waals surface area contributed by atoms with Crippen LogP contribution in [0.25, 0.3) is 0 Å². The highest BCUT2D eigenvalue weighted by Crippen LogP contribution is 2.17. The number of carbonyl (C=O) groups excluding carboxylic acids is 3. The quantitative estimate of drug-likeness (QED) is 0.608. The molecule has 1 aliphatic heterocycles. The molecule has 0 bridgehead atoms. The summed E-state index contributed by atoms with van der Waals surface area (Å²) in [5.74, 6) is -1.55. The Balaban J connectivity index is 2.12. The molecular weight excluding hydrogens is 270 g/mol. The predicted molar refractivity (Wildman–Crippen MR) is 73.7 cm³/mol. The molecule has 21 heavy (non-hydrogen) atoms. The van der Waals surface area contributed by atoms with E-state index in [1.165, 1.54) is 0 Å². The van der Waals surface area contributed by atoms with Crippen molar-refractivity contribution in [1.29, 1.82) is 5.26 Å². The van der Waals surface area contributed by atoms with Gasteiger partial charge in [-0.15, -0.1) is 0 Å². The molecule has 2 rings (SSSR count). The molecule has 1 aliphatic rings. The second-order valence-electron chi connectivity index (χ2n) is 4.79. The Bertz CT molecular complexity index is 616. The second kappa shape index (κ2) is 6.18. The van der Waals surface area contributed by atoms with Gasteiger partial charge in [0.25, 0.3) is 0 Å². The highest BCUT2D eigenvalue weighted by molar-refractivity contribution is 6.44. The van der Waals surface area contributed by atoms with Crippen LogP contribution in [0.15, 0.2) is 24.3 Å². The van der Waals surface area contributed by atoms with E-state index in [1.54, 1.807) is 24.3 Å². The van der Waals surface area contributed by atoms with Gasteiger partial charge in [-0.2, -0.15) is 5.26 Å². The summed E-state index contributed by atoms with van der Waals surface area (Å²) < 4.78 is 0. The molecule has 108 valence electrons. The molecule has 6 nitrogen and oxygen atoms in total. The molecule has 1 aromatic carbocycles. The smallest absolute Gasteiger partial charge is 0.263 e. The van der Waals surface area contributed by atoms with Crippen LogP contribution in [-0.2, 0) is 16.1 Å². The number of nitriles is 1. The number of unbranched alkanes of at least 4 members (excludes halogenated alkanes) is 1. The van der Waals surface area contributed by atoms with Gasteiger partial charge in [0.2, 0.25) is 0 Å². The van der Waals surface area contributed by atoms with Gasteiger partial charge in [0.05, 0.1) is 18.2 Å². The number of urea groups is 1. The molecule has 0 unspecified atom stereocenters. The van der Waals surface area contributed by atoms with Crippen LogP contribution in [0.5, 0.6) is 0 Å². The fourth-order valence-corrected chi connectivity index (χ4v) is 2.07. The fraction of sp³-hybridized carbons (Fsp3) is 0.333. The highest BCUT2D eigenvalue weighted by atomic mass is 16.2. The van der Waals surface area contributed by atoms with Crippen molar-refractivity contribution in [1.82, 2.24) is 9.80 Å². The molecule has 1 fully saturated rings. The van der Waals surface area contributed by atoms with Crippen LogP contribution in [0, 0.1) is 11.3 Å². The van der Waals surface area contributed by atoms with Crippen LogP contribution in [0.4, 0.5) is 4.79 Å². The minimum Gasteiger partial charge on any atom is -0.263 e. The van der Waals surface area contributed by atoms with Gasteiger partial charge >= 0.3 is 17.8 Å². The van der Waals surface area contributed by atoms with Gasteiger partial charge in [-0.1, -0.05) is 25.5 Å². The maximum Gasteiger partial charge on any atom is 0.334 e. The molecule has 0 aromatic heterocycles. The molecule has 0 spiro atoms. The van der Waals surface area contributed by atoms with Crippen LogP contribution >= 0.6 is 0 Å². The molecule has 0 N–H and O–H groups in total. The molecule has 4 amide bonds. The van der Waals surface area contributed by atoms with Gasteiger partial charge in [0.15, 0.2) is 0 Å². The topological polar surface area (TPSA) is 81.5 Å². The van der Waals surface area contributed by atoms with E-state index in [0.29, 0.717) is 17.5 Å². The first-order valence-corrected chi connectivity index (χ1v) is 6.74. The van der Waals surface area contributed by atoms with Crippen LogP contribution < -0.4 is 0 Å². The molecule has 1 heterocycles. The second-order valence-corrected chi connectivity index (χ2v) is 4.79. The van der Waals surface area contributed by atoms with Crippen LogP contribution in [0.2, 0.25) is 0 Å². The van der Waals surface area contributed by atoms with Crippen molar-refractivity contribution in [3.8, 4) is 6.07 Å². The lowest BCUT2D eigenvalue weighted by atomic mass is 10.1. The van der Waals surface area contributed by atoms with E-state index in [2.05, 4.69) is 0 Å². The third kappa shape index (κ3) is 2.92. The van der Waals surface area contributed by atoms with Crippen molar-refractivity contribution in [2.24, 2.45) is 0 Å². The van der Waals surface area contributed by atoms with Crippen molar-refractivity contribution >= 4 is 17.8 Å². The van der Waals surface area contributed by atoms with Crippen molar-refractivity contribution in [3.63, 3.8) is 0 Å². The maximum atomic E-state index is 12.1. The molecule has 0 atom stereocenters. The number of carbonyl (C=O) groups is 3. The van der Waals surface area contributed by atoms with E-state index in [4.69, 9.17) is 5.26 Å². The van der Waals surface area contributed by atoms with E-state index < -0.39 is 17.8 Å². The largest absolute Gasteiger partial charge is 0.334 e. The van der Waals surface area contributed by atoms with Crippen LogP contribution in [0.3, 0.4) is 0 Å². The Morgan fingerprint density at radius 2 is 1.67 bits per heavy atom. The van der Waals surface area contributed by atoms with Gasteiger partial charge < -0.3 is 0 Å². The molecule has 1 saturated heterocycles. The summed E-state index contributed by atoms with van der Waals surface area (Å²) in [6.45, 7) is 2.25. The summed E-state index contributed by atoms with van der Waals surface area (Å²) in [6.07, 6.45) is 1.51. The molecule has 0 aliphatic carbocycles. The first-order valence-electron chi connectivity index (χ1n) is 6.74. The van der Waals surface area contributed by atoms with E-state index in [-0.39, 0.29) is 13.1 Å². The first kappa shape index (κ1) is 14.7. The van der Waals surface area contributed by atoms with Crippen molar-refractivity contribution in [3.05, 3.63) is 35.4 Å². The Labute approximate surface area is 122 Å². The highest BCUT2D eigenvalue weighted by Gasteiger charge is 2.43. The molecular formula is C15H15N3O3. The third-order valence-electron chi connectivity index (χ3n) is 3.29.